The molecule has 2 atom stereocenters. The second-order valence-electron chi connectivity index (χ2n) is 10.0. The zero-order valence-electron chi connectivity index (χ0n) is 22.5. The zero-order valence-corrected chi connectivity index (χ0v) is 23.3. The van der Waals surface area contributed by atoms with Crippen molar-refractivity contribution in [3.8, 4) is 0 Å². The molecule has 0 aliphatic carbocycles. The fourth-order valence-electron chi connectivity index (χ4n) is 5.22. The van der Waals surface area contributed by atoms with Gasteiger partial charge in [0.1, 0.15) is 4.90 Å². The summed E-state index contributed by atoms with van der Waals surface area (Å²) in [6, 6.07) is 16.2. The Morgan fingerprint density at radius 2 is 1.71 bits per heavy atom. The number of para-hydroxylation sites is 1. The van der Waals surface area contributed by atoms with E-state index in [-0.39, 0.29) is 22.9 Å². The maximum atomic E-state index is 13.8. The Balaban J connectivity index is 1.28. The monoisotopic (exact) mass is 582 g/mol. The SMILES string of the molecule is CC[C@H]1CN(C(C)c2cc(F)c(F)c(F)c2)CCN1C(=O)c1ccc(NS(=O)(=O)c2cccc3cccnc23)cc1. The van der Waals surface area contributed by atoms with E-state index >= 15 is 0 Å². The fraction of sp³-hybridized carbons (Fsp3) is 0.267. The Morgan fingerprint density at radius 1 is 1.02 bits per heavy atom. The van der Waals surface area contributed by atoms with Crippen molar-refractivity contribution in [3.05, 3.63) is 102 Å². The van der Waals surface area contributed by atoms with Crippen LogP contribution < -0.4 is 4.72 Å². The van der Waals surface area contributed by atoms with E-state index in [0.717, 1.165) is 12.1 Å². The van der Waals surface area contributed by atoms with Gasteiger partial charge in [-0.25, -0.2) is 21.6 Å². The maximum absolute atomic E-state index is 13.8. The van der Waals surface area contributed by atoms with Crippen molar-refractivity contribution < 1.29 is 26.4 Å². The first-order chi connectivity index (χ1) is 19.6. The molecular weight excluding hydrogens is 553 g/mol. The van der Waals surface area contributed by atoms with Crippen LogP contribution in [0.5, 0.6) is 0 Å². The van der Waals surface area contributed by atoms with Crippen LogP contribution in [0.3, 0.4) is 0 Å². The van der Waals surface area contributed by atoms with Crippen molar-refractivity contribution in [2.24, 2.45) is 0 Å². The normalized spacial score (nSPS) is 17.0. The molecule has 214 valence electrons. The van der Waals surface area contributed by atoms with Crippen LogP contribution in [-0.4, -0.2) is 54.8 Å². The summed E-state index contributed by atoms with van der Waals surface area (Å²) < 4.78 is 69.8. The molecule has 1 aromatic heterocycles. The van der Waals surface area contributed by atoms with E-state index in [1.54, 1.807) is 60.4 Å². The van der Waals surface area contributed by atoms with Crippen molar-refractivity contribution in [2.75, 3.05) is 24.4 Å². The Morgan fingerprint density at radius 3 is 2.39 bits per heavy atom. The number of hydrogen-bond acceptors (Lipinski definition) is 5. The van der Waals surface area contributed by atoms with E-state index in [1.165, 1.54) is 12.3 Å². The topological polar surface area (TPSA) is 82.6 Å². The smallest absolute Gasteiger partial charge is 0.264 e. The fourth-order valence-corrected chi connectivity index (χ4v) is 6.46. The lowest BCUT2D eigenvalue weighted by atomic mass is 10.0. The third kappa shape index (κ3) is 5.77. The summed E-state index contributed by atoms with van der Waals surface area (Å²) in [7, 11) is -3.93. The molecule has 41 heavy (non-hydrogen) atoms. The molecule has 11 heteroatoms. The van der Waals surface area contributed by atoms with E-state index in [0.29, 0.717) is 53.8 Å². The molecule has 1 saturated heterocycles. The van der Waals surface area contributed by atoms with Gasteiger partial charge >= 0.3 is 0 Å². The van der Waals surface area contributed by atoms with Crippen LogP contribution in [0.4, 0.5) is 18.9 Å². The Kier molecular flexibility index (Phi) is 8.01. The van der Waals surface area contributed by atoms with Gasteiger partial charge in [-0.2, -0.15) is 0 Å². The van der Waals surface area contributed by atoms with E-state index in [2.05, 4.69) is 9.71 Å². The lowest BCUT2D eigenvalue weighted by molar-refractivity contribution is 0.0355. The number of carbonyl (C=O) groups is 1. The van der Waals surface area contributed by atoms with Crippen LogP contribution in [0.2, 0.25) is 0 Å². The first kappa shape index (κ1) is 28.6. The number of pyridine rings is 1. The highest BCUT2D eigenvalue weighted by atomic mass is 32.2. The molecule has 0 saturated carbocycles. The maximum Gasteiger partial charge on any atom is 0.264 e. The number of fused-ring (bicyclic) bond motifs is 1. The molecule has 2 heterocycles. The lowest BCUT2D eigenvalue weighted by Crippen LogP contribution is -2.55. The quantitative estimate of drug-likeness (QED) is 0.281. The standard InChI is InChI=1S/C30H29F3N4O3S/c1-3-24-18-36(19(2)22-16-25(31)28(33)26(32)17-22)14-15-37(24)30(38)21-9-11-23(12-10-21)35-41(39,40)27-8-4-6-20-7-5-13-34-29(20)27/h4-13,16-17,19,24,35H,3,14-15,18H2,1-2H3/t19?,24-/m0/s1. The van der Waals surface area contributed by atoms with E-state index in [4.69, 9.17) is 0 Å². The predicted molar refractivity (Wildman–Crippen MR) is 150 cm³/mol. The molecule has 3 aromatic carbocycles. The average molecular weight is 583 g/mol. The summed E-state index contributed by atoms with van der Waals surface area (Å²) >= 11 is 0. The van der Waals surface area contributed by atoms with Gasteiger partial charge in [-0.15, -0.1) is 0 Å². The number of hydrogen-bond donors (Lipinski definition) is 1. The molecule has 1 N–H and O–H groups in total. The van der Waals surface area contributed by atoms with Crippen LogP contribution in [0.25, 0.3) is 10.9 Å². The Labute approximate surface area is 236 Å². The first-order valence-corrected chi connectivity index (χ1v) is 14.7. The number of aromatic nitrogens is 1. The Bertz CT molecular complexity index is 1670. The second-order valence-corrected chi connectivity index (χ2v) is 11.7. The third-order valence-corrected chi connectivity index (χ3v) is 8.96. The number of nitrogens with zero attached hydrogens (tertiary/aromatic N) is 3. The van der Waals surface area contributed by atoms with Gasteiger partial charge in [-0.05, 0) is 67.4 Å². The van der Waals surface area contributed by atoms with Gasteiger partial charge in [0.15, 0.2) is 17.5 Å². The molecule has 1 aliphatic rings. The molecule has 1 amide bonds. The number of amides is 1. The van der Waals surface area contributed by atoms with Crippen molar-refractivity contribution in [1.82, 2.24) is 14.8 Å². The van der Waals surface area contributed by atoms with E-state index in [9.17, 15) is 26.4 Å². The summed E-state index contributed by atoms with van der Waals surface area (Å²) in [5, 5.41) is 0.702. The largest absolute Gasteiger partial charge is 0.333 e. The number of sulfonamides is 1. The van der Waals surface area contributed by atoms with Crippen molar-refractivity contribution >= 4 is 32.5 Å². The van der Waals surface area contributed by atoms with Crippen molar-refractivity contribution in [3.63, 3.8) is 0 Å². The molecule has 4 aromatic rings. The number of nitrogens with one attached hydrogen (secondary N) is 1. The van der Waals surface area contributed by atoms with Gasteiger partial charge in [0.05, 0.1) is 5.52 Å². The molecule has 1 fully saturated rings. The van der Waals surface area contributed by atoms with Crippen molar-refractivity contribution in [1.29, 1.82) is 0 Å². The van der Waals surface area contributed by atoms with Gasteiger partial charge < -0.3 is 4.90 Å². The van der Waals surface area contributed by atoms with E-state index < -0.39 is 27.5 Å². The number of benzene rings is 3. The van der Waals surface area contributed by atoms with Gasteiger partial charge in [0.2, 0.25) is 0 Å². The van der Waals surface area contributed by atoms with Crippen LogP contribution in [-0.2, 0) is 10.0 Å². The lowest BCUT2D eigenvalue weighted by Gasteiger charge is -2.43. The van der Waals surface area contributed by atoms with Gasteiger partial charge in [-0.1, -0.05) is 25.1 Å². The molecule has 1 aliphatic heterocycles. The van der Waals surface area contributed by atoms with Crippen LogP contribution >= 0.6 is 0 Å². The average Bonchev–Trinajstić information content (AvgIpc) is 2.98. The minimum atomic E-state index is -3.93. The van der Waals surface area contributed by atoms with Crippen LogP contribution in [0.15, 0.2) is 77.8 Å². The number of rotatable bonds is 7. The summed E-state index contributed by atoms with van der Waals surface area (Å²) in [6.45, 7) is 5.07. The van der Waals surface area contributed by atoms with Crippen LogP contribution in [0.1, 0.15) is 42.2 Å². The van der Waals surface area contributed by atoms with Crippen LogP contribution in [0, 0.1) is 17.5 Å². The molecule has 7 nitrogen and oxygen atoms in total. The Hall–Kier alpha value is -3.96. The summed E-state index contributed by atoms with van der Waals surface area (Å²) in [4.78, 5) is 21.5. The number of carbonyl (C=O) groups excluding carboxylic acids is 1. The highest BCUT2D eigenvalue weighted by Crippen LogP contribution is 2.28. The molecule has 0 bridgehead atoms. The summed E-state index contributed by atoms with van der Waals surface area (Å²) in [5.41, 5.74) is 1.40. The highest BCUT2D eigenvalue weighted by molar-refractivity contribution is 7.93. The minimum absolute atomic E-state index is 0.0553. The van der Waals surface area contributed by atoms with Gasteiger partial charge in [-0.3, -0.25) is 19.4 Å². The third-order valence-electron chi connectivity index (χ3n) is 7.55. The number of halogens is 3. The van der Waals surface area contributed by atoms with E-state index in [1.807, 2.05) is 11.8 Å². The number of piperazine rings is 1. The molecule has 1 unspecified atom stereocenters. The molecule has 0 spiro atoms. The zero-order chi connectivity index (χ0) is 29.3. The molecular formula is C30H29F3N4O3S. The second kappa shape index (κ2) is 11.5. The molecule has 0 radical (unpaired) electrons. The summed E-state index contributed by atoms with van der Waals surface area (Å²) in [5.74, 6) is -4.15. The van der Waals surface area contributed by atoms with Gasteiger partial charge in [0, 0.05) is 54.6 Å². The minimum Gasteiger partial charge on any atom is -0.333 e. The summed E-state index contributed by atoms with van der Waals surface area (Å²) in [6.07, 6.45) is 2.19. The van der Waals surface area contributed by atoms with Crippen molar-refractivity contribution in [2.45, 2.75) is 37.2 Å². The predicted octanol–water partition coefficient (Wildman–Crippen LogP) is 5.75. The van der Waals surface area contributed by atoms with Gasteiger partial charge in [0.25, 0.3) is 15.9 Å². The first-order valence-electron chi connectivity index (χ1n) is 13.2. The molecule has 5 rings (SSSR count). The number of anilines is 1. The highest BCUT2D eigenvalue weighted by Gasteiger charge is 2.32.